The average Bonchev–Trinajstić information content (AvgIpc) is 2.52. The van der Waals surface area contributed by atoms with Crippen LogP contribution in [0, 0.1) is 0 Å². The highest BCUT2D eigenvalue weighted by molar-refractivity contribution is 6.05. The standard InChI is InChI=1S/C16H14O7/c1-22-8-5-11(19)13-12(6-8)23-16(15(21)14(13)20)7-2-3-9(17)10(18)4-7/h2-6,15-19,21H,1H3/t15-,16+/m1/s1. The highest BCUT2D eigenvalue weighted by Crippen LogP contribution is 2.42. The van der Waals surface area contributed by atoms with Gasteiger partial charge in [-0.15, -0.1) is 0 Å². The first-order chi connectivity index (χ1) is 10.9. The fourth-order valence-electron chi connectivity index (χ4n) is 2.49. The Labute approximate surface area is 131 Å². The van der Waals surface area contributed by atoms with Gasteiger partial charge in [0.15, 0.2) is 23.7 Å². The number of fused-ring (bicyclic) bond motifs is 1. The summed E-state index contributed by atoms with van der Waals surface area (Å²) in [6.45, 7) is 0. The highest BCUT2D eigenvalue weighted by Gasteiger charge is 2.39. The van der Waals surface area contributed by atoms with Crippen LogP contribution in [0.5, 0.6) is 28.7 Å². The van der Waals surface area contributed by atoms with E-state index >= 15 is 0 Å². The van der Waals surface area contributed by atoms with E-state index in [-0.39, 0.29) is 28.6 Å². The maximum Gasteiger partial charge on any atom is 0.202 e. The van der Waals surface area contributed by atoms with E-state index in [0.717, 1.165) is 0 Å². The lowest BCUT2D eigenvalue weighted by atomic mass is 9.92. The molecule has 0 fully saturated rings. The van der Waals surface area contributed by atoms with E-state index in [4.69, 9.17) is 9.47 Å². The van der Waals surface area contributed by atoms with Crippen molar-refractivity contribution in [1.29, 1.82) is 0 Å². The summed E-state index contributed by atoms with van der Waals surface area (Å²) in [7, 11) is 1.40. The van der Waals surface area contributed by atoms with Crippen LogP contribution in [-0.4, -0.2) is 39.4 Å². The van der Waals surface area contributed by atoms with Gasteiger partial charge >= 0.3 is 0 Å². The van der Waals surface area contributed by atoms with Gasteiger partial charge in [0.1, 0.15) is 22.8 Å². The van der Waals surface area contributed by atoms with Crippen LogP contribution in [-0.2, 0) is 0 Å². The molecule has 7 nitrogen and oxygen atoms in total. The molecule has 3 rings (SSSR count). The van der Waals surface area contributed by atoms with Gasteiger partial charge in [0.05, 0.1) is 7.11 Å². The Morgan fingerprint density at radius 2 is 1.78 bits per heavy atom. The second-order valence-corrected chi connectivity index (χ2v) is 5.12. The molecule has 1 aliphatic rings. The molecule has 0 aromatic heterocycles. The van der Waals surface area contributed by atoms with E-state index in [1.807, 2.05) is 0 Å². The zero-order valence-electron chi connectivity index (χ0n) is 12.1. The van der Waals surface area contributed by atoms with E-state index in [1.165, 1.54) is 37.4 Å². The van der Waals surface area contributed by atoms with Crippen molar-refractivity contribution < 1.29 is 34.7 Å². The molecule has 0 amide bonds. The van der Waals surface area contributed by atoms with E-state index in [1.54, 1.807) is 0 Å². The molecule has 0 aliphatic carbocycles. The third-order valence-electron chi connectivity index (χ3n) is 3.67. The molecule has 0 saturated heterocycles. The molecule has 23 heavy (non-hydrogen) atoms. The second kappa shape index (κ2) is 5.36. The zero-order valence-corrected chi connectivity index (χ0v) is 12.1. The quantitative estimate of drug-likeness (QED) is 0.620. The van der Waals surface area contributed by atoms with Gasteiger partial charge in [-0.3, -0.25) is 4.79 Å². The largest absolute Gasteiger partial charge is 0.507 e. The lowest BCUT2D eigenvalue weighted by molar-refractivity contribution is 0.0210. The summed E-state index contributed by atoms with van der Waals surface area (Å²) in [6, 6.07) is 6.51. The van der Waals surface area contributed by atoms with Gasteiger partial charge in [-0.1, -0.05) is 6.07 Å². The number of phenolic OH excluding ortho intramolecular Hbond substituents is 3. The van der Waals surface area contributed by atoms with Crippen molar-refractivity contribution in [1.82, 2.24) is 0 Å². The minimum absolute atomic E-state index is 0.0646. The van der Waals surface area contributed by atoms with Crippen molar-refractivity contribution >= 4 is 5.78 Å². The number of ketones is 1. The van der Waals surface area contributed by atoms with Gasteiger partial charge in [0.25, 0.3) is 0 Å². The molecule has 2 aromatic rings. The third-order valence-corrected chi connectivity index (χ3v) is 3.67. The molecule has 0 unspecified atom stereocenters. The molecule has 2 aromatic carbocycles. The number of aromatic hydroxyl groups is 3. The van der Waals surface area contributed by atoms with Gasteiger partial charge in [-0.05, 0) is 17.7 Å². The Morgan fingerprint density at radius 1 is 1.04 bits per heavy atom. The van der Waals surface area contributed by atoms with Crippen LogP contribution < -0.4 is 9.47 Å². The van der Waals surface area contributed by atoms with Gasteiger partial charge in [-0.25, -0.2) is 0 Å². The molecular formula is C16H14O7. The molecular weight excluding hydrogens is 304 g/mol. The van der Waals surface area contributed by atoms with Crippen LogP contribution in [0.3, 0.4) is 0 Å². The first-order valence-corrected chi connectivity index (χ1v) is 6.74. The number of Topliss-reactive ketones (excluding diaryl/α,β-unsaturated/α-hetero) is 1. The van der Waals surface area contributed by atoms with Crippen molar-refractivity contribution in [3.63, 3.8) is 0 Å². The lowest BCUT2D eigenvalue weighted by Crippen LogP contribution is -2.36. The summed E-state index contributed by atoms with van der Waals surface area (Å²) in [4.78, 5) is 12.3. The fraction of sp³-hybridized carbons (Fsp3) is 0.188. The number of aliphatic hydroxyl groups excluding tert-OH is 1. The molecule has 0 saturated carbocycles. The predicted molar refractivity (Wildman–Crippen MR) is 78.1 cm³/mol. The Hall–Kier alpha value is -2.93. The van der Waals surface area contributed by atoms with Crippen LogP contribution >= 0.6 is 0 Å². The first-order valence-electron chi connectivity index (χ1n) is 6.74. The molecule has 1 aliphatic heterocycles. The highest BCUT2D eigenvalue weighted by atomic mass is 16.5. The summed E-state index contributed by atoms with van der Waals surface area (Å²) in [5.74, 6) is -1.43. The van der Waals surface area contributed by atoms with Crippen LogP contribution in [0.15, 0.2) is 30.3 Å². The SMILES string of the molecule is COc1cc(O)c2c(c1)O[C@@H](c1ccc(O)c(O)c1)[C@H](O)C2=O. The monoisotopic (exact) mass is 318 g/mol. The summed E-state index contributed by atoms with van der Waals surface area (Å²) in [6.07, 6.45) is -2.65. The Bertz CT molecular complexity index is 784. The Morgan fingerprint density at radius 3 is 2.43 bits per heavy atom. The minimum Gasteiger partial charge on any atom is -0.507 e. The number of phenols is 3. The van der Waals surface area contributed by atoms with Crippen LogP contribution in [0.25, 0.3) is 0 Å². The molecule has 0 bridgehead atoms. The smallest absolute Gasteiger partial charge is 0.202 e. The number of hydrogen-bond acceptors (Lipinski definition) is 7. The molecule has 1 heterocycles. The van der Waals surface area contributed by atoms with Crippen molar-refractivity contribution in [3.8, 4) is 28.7 Å². The number of hydrogen-bond donors (Lipinski definition) is 4. The fourth-order valence-corrected chi connectivity index (χ4v) is 2.49. The van der Waals surface area contributed by atoms with Crippen LogP contribution in [0.4, 0.5) is 0 Å². The Kier molecular flexibility index (Phi) is 3.49. The van der Waals surface area contributed by atoms with Crippen LogP contribution in [0.2, 0.25) is 0 Å². The van der Waals surface area contributed by atoms with Crippen molar-refractivity contribution in [2.45, 2.75) is 12.2 Å². The third kappa shape index (κ3) is 2.40. The lowest BCUT2D eigenvalue weighted by Gasteiger charge is -2.30. The number of carbonyl (C=O) groups excluding carboxylic acids is 1. The zero-order chi connectivity index (χ0) is 16.7. The topological polar surface area (TPSA) is 116 Å². The molecule has 2 atom stereocenters. The van der Waals surface area contributed by atoms with Crippen molar-refractivity contribution in [3.05, 3.63) is 41.5 Å². The summed E-state index contributed by atoms with van der Waals surface area (Å²) >= 11 is 0. The molecule has 0 spiro atoms. The number of aliphatic hydroxyl groups is 1. The molecule has 7 heteroatoms. The maximum atomic E-state index is 12.3. The van der Waals surface area contributed by atoms with Gasteiger partial charge in [0, 0.05) is 12.1 Å². The van der Waals surface area contributed by atoms with Gasteiger partial charge in [0.2, 0.25) is 5.78 Å². The maximum absolute atomic E-state index is 12.3. The van der Waals surface area contributed by atoms with Crippen LogP contribution in [0.1, 0.15) is 22.0 Å². The van der Waals surface area contributed by atoms with Gasteiger partial charge in [-0.2, -0.15) is 0 Å². The molecule has 120 valence electrons. The molecule has 0 radical (unpaired) electrons. The number of ether oxygens (including phenoxy) is 2. The second-order valence-electron chi connectivity index (χ2n) is 5.12. The van der Waals surface area contributed by atoms with E-state index in [9.17, 15) is 25.2 Å². The summed E-state index contributed by atoms with van der Waals surface area (Å²) in [5.41, 5.74) is 0.173. The molecule has 4 N–H and O–H groups in total. The first kappa shape index (κ1) is 15.0. The number of carbonyl (C=O) groups is 1. The number of benzene rings is 2. The van der Waals surface area contributed by atoms with Gasteiger partial charge < -0.3 is 29.9 Å². The number of methoxy groups -OCH3 is 1. The van der Waals surface area contributed by atoms with E-state index in [2.05, 4.69) is 0 Å². The Balaban J connectivity index is 2.08. The number of rotatable bonds is 2. The summed E-state index contributed by atoms with van der Waals surface area (Å²) < 4.78 is 10.6. The average molecular weight is 318 g/mol. The summed E-state index contributed by atoms with van der Waals surface area (Å²) in [5, 5.41) is 39.0. The van der Waals surface area contributed by atoms with Crippen molar-refractivity contribution in [2.75, 3.05) is 7.11 Å². The van der Waals surface area contributed by atoms with Crippen molar-refractivity contribution in [2.24, 2.45) is 0 Å². The normalized spacial score (nSPS) is 19.8. The van der Waals surface area contributed by atoms with E-state index < -0.39 is 23.7 Å². The predicted octanol–water partition coefficient (Wildman–Crippen LogP) is 1.49. The minimum atomic E-state index is -1.56. The van der Waals surface area contributed by atoms with E-state index in [0.29, 0.717) is 5.56 Å².